The van der Waals surface area contributed by atoms with Crippen LogP contribution in [0.25, 0.3) is 0 Å². The summed E-state index contributed by atoms with van der Waals surface area (Å²) in [4.78, 5) is 16.6. The molecule has 7 nitrogen and oxygen atoms in total. The molecule has 0 spiro atoms. The van der Waals surface area contributed by atoms with Crippen LogP contribution >= 0.6 is 7.82 Å². The summed E-state index contributed by atoms with van der Waals surface area (Å²) in [6.45, 7) is -5.56. The van der Waals surface area contributed by atoms with E-state index in [0.29, 0.717) is 0 Å². The molecule has 0 aliphatic heterocycles. The molecule has 5 N–H and O–H groups in total. The van der Waals surface area contributed by atoms with E-state index in [2.05, 4.69) is 4.52 Å². The summed E-state index contributed by atoms with van der Waals surface area (Å²) in [7, 11) is -4.89. The Kier molecular flexibility index (Phi) is 2.86. The van der Waals surface area contributed by atoms with Gasteiger partial charge in [-0.3, -0.25) is 4.52 Å². The second-order valence-corrected chi connectivity index (χ2v) is 3.62. The lowest BCUT2D eigenvalue weighted by Crippen LogP contribution is -2.45. The van der Waals surface area contributed by atoms with Crippen LogP contribution in [0.1, 0.15) is 11.0 Å². The number of hydrogen-bond acceptors (Lipinski definition) is 5. The van der Waals surface area contributed by atoms with Gasteiger partial charge in [-0.2, -0.15) is 0 Å². The van der Waals surface area contributed by atoms with Crippen molar-refractivity contribution in [1.82, 2.24) is 0 Å². The lowest BCUT2D eigenvalue weighted by molar-refractivity contribution is -0.107. The van der Waals surface area contributed by atoms with Crippen LogP contribution in [0, 0.1) is 0 Å². The normalized spacial score (nSPS) is 23.9. The van der Waals surface area contributed by atoms with Gasteiger partial charge in [0.15, 0.2) is 0 Å². The van der Waals surface area contributed by atoms with E-state index in [1.165, 1.54) is 0 Å². The highest BCUT2D eigenvalue weighted by atomic mass is 31.2. The minimum Gasteiger partial charge on any atom is -0.393 e. The van der Waals surface area contributed by atoms with Crippen molar-refractivity contribution < 1.29 is 38.3 Å². The third-order valence-electron chi connectivity index (χ3n) is 1.19. The maximum absolute atomic E-state index is 10.3. The van der Waals surface area contributed by atoms with E-state index in [-0.39, 0.29) is 0 Å². The monoisotopic (exact) mass is 219 g/mol. The highest BCUT2D eigenvalue weighted by Crippen LogP contribution is 2.36. The van der Waals surface area contributed by atoms with E-state index in [0.717, 1.165) is 0 Å². The van der Waals surface area contributed by atoms with E-state index in [1.54, 1.807) is 0 Å². The Morgan fingerprint density at radius 2 is 2.23 bits per heavy atom. The maximum Gasteiger partial charge on any atom is 0.469 e. The van der Waals surface area contributed by atoms with Crippen LogP contribution in [-0.2, 0) is 9.09 Å². The second-order valence-electron chi connectivity index (χ2n) is 2.38. The van der Waals surface area contributed by atoms with Crippen molar-refractivity contribution in [2.24, 2.45) is 0 Å². The van der Waals surface area contributed by atoms with Crippen LogP contribution in [-0.4, -0.2) is 50.0 Å². The molecule has 0 aromatic rings. The number of phosphoric acid groups is 1. The molecule has 0 saturated heterocycles. The zero-order valence-corrected chi connectivity index (χ0v) is 7.39. The zero-order chi connectivity index (χ0) is 13.2. The minimum atomic E-state index is -4.89. The first kappa shape index (κ1) is 8.31. The topological polar surface area (TPSA) is 127 Å². The Bertz CT molecular complexity index is 276. The molecule has 0 saturated carbocycles. The van der Waals surface area contributed by atoms with E-state index in [9.17, 15) is 14.8 Å². The zero-order valence-electron chi connectivity index (χ0n) is 9.49. The molecular weight excluding hydrogens is 203 g/mol. The summed E-state index contributed by atoms with van der Waals surface area (Å²) in [5.74, 6) is 0. The third-order valence-corrected chi connectivity index (χ3v) is 1.68. The maximum atomic E-state index is 10.3. The molecule has 0 bridgehead atoms. The number of phosphoric ester groups is 1. The summed E-state index contributed by atoms with van der Waals surface area (Å²) in [6, 6.07) is 0. The molecule has 0 aliphatic carbocycles. The molecule has 0 aliphatic rings. The number of aliphatic hydroxyl groups is 3. The van der Waals surface area contributed by atoms with Gasteiger partial charge < -0.3 is 25.1 Å². The molecule has 0 aromatic carbocycles. The predicted octanol–water partition coefficient (Wildman–Crippen LogP) is -1.80. The van der Waals surface area contributed by atoms with Crippen molar-refractivity contribution >= 4 is 7.82 Å². The van der Waals surface area contributed by atoms with Gasteiger partial charge in [-0.25, -0.2) is 4.57 Å². The third kappa shape index (κ3) is 5.33. The smallest absolute Gasteiger partial charge is 0.393 e. The summed E-state index contributed by atoms with van der Waals surface area (Å²) < 4.78 is 34.7. The van der Waals surface area contributed by atoms with Gasteiger partial charge in [0.1, 0.15) is 11.7 Å². The Morgan fingerprint density at radius 3 is 2.54 bits per heavy atom. The van der Waals surface area contributed by atoms with Gasteiger partial charge in [0, 0.05) is 4.11 Å². The van der Waals surface area contributed by atoms with Crippen LogP contribution in [0.4, 0.5) is 0 Å². The standard InChI is InChI=1S/C5H13O7P/c1-5(8,3-6)4(7)2-12-13(9,10)11/h4,6-8H,2-3H2,1H3,(H2,9,10,11)/t4-,5?/m1/s1/i1D3. The molecule has 1 unspecified atom stereocenters. The molecule has 0 radical (unpaired) electrons. The van der Waals surface area contributed by atoms with Crippen LogP contribution in [0.3, 0.4) is 0 Å². The highest BCUT2D eigenvalue weighted by molar-refractivity contribution is 7.46. The van der Waals surface area contributed by atoms with Crippen LogP contribution in [0.2, 0.25) is 0 Å². The van der Waals surface area contributed by atoms with E-state index >= 15 is 0 Å². The molecule has 0 aromatic heterocycles. The van der Waals surface area contributed by atoms with Crippen LogP contribution in [0.15, 0.2) is 0 Å². The van der Waals surface area contributed by atoms with Gasteiger partial charge in [0.25, 0.3) is 0 Å². The van der Waals surface area contributed by atoms with Gasteiger partial charge in [-0.1, -0.05) is 0 Å². The van der Waals surface area contributed by atoms with E-state index in [4.69, 9.17) is 19.0 Å². The summed E-state index contributed by atoms with van der Waals surface area (Å²) in [5, 5.41) is 27.4. The molecule has 0 rings (SSSR count). The first-order valence-corrected chi connectivity index (χ1v) is 4.68. The number of hydrogen-bond donors (Lipinski definition) is 5. The molecule has 2 atom stereocenters. The fraction of sp³-hybridized carbons (Fsp3) is 1.00. The van der Waals surface area contributed by atoms with E-state index < -0.39 is 39.6 Å². The van der Waals surface area contributed by atoms with Gasteiger partial charge in [0.2, 0.25) is 0 Å². The Hall–Kier alpha value is -0.0100. The number of aliphatic hydroxyl groups excluding tert-OH is 2. The SMILES string of the molecule is [2H]C([2H])([2H])C(O)(CO)[C@H](O)COP(=O)(O)O. The molecule has 0 amide bonds. The second kappa shape index (κ2) is 4.47. The fourth-order valence-electron chi connectivity index (χ4n) is 0.411. The summed E-state index contributed by atoms with van der Waals surface area (Å²) in [5.41, 5.74) is -2.90. The van der Waals surface area contributed by atoms with Gasteiger partial charge in [0.05, 0.1) is 13.2 Å². The molecule has 80 valence electrons. The van der Waals surface area contributed by atoms with Crippen molar-refractivity contribution in [2.75, 3.05) is 13.2 Å². The van der Waals surface area contributed by atoms with Crippen molar-refractivity contribution in [3.05, 3.63) is 0 Å². The lowest BCUT2D eigenvalue weighted by atomic mass is 10.0. The van der Waals surface area contributed by atoms with Crippen LogP contribution in [0.5, 0.6) is 0 Å². The summed E-state index contributed by atoms with van der Waals surface area (Å²) >= 11 is 0. The van der Waals surface area contributed by atoms with E-state index in [1.807, 2.05) is 0 Å². The predicted molar refractivity (Wildman–Crippen MR) is 41.7 cm³/mol. The summed E-state index contributed by atoms with van der Waals surface area (Å²) in [6.07, 6.45) is -2.17. The molecule has 13 heavy (non-hydrogen) atoms. The van der Waals surface area contributed by atoms with Crippen molar-refractivity contribution in [3.8, 4) is 0 Å². The highest BCUT2D eigenvalue weighted by Gasteiger charge is 2.31. The largest absolute Gasteiger partial charge is 0.469 e. The Balaban J connectivity index is 4.67. The van der Waals surface area contributed by atoms with Gasteiger partial charge >= 0.3 is 7.82 Å². The average molecular weight is 219 g/mol. The lowest BCUT2D eigenvalue weighted by Gasteiger charge is -2.26. The van der Waals surface area contributed by atoms with Crippen molar-refractivity contribution in [3.63, 3.8) is 0 Å². The van der Waals surface area contributed by atoms with Crippen LogP contribution < -0.4 is 0 Å². The van der Waals surface area contributed by atoms with Gasteiger partial charge in [-0.15, -0.1) is 0 Å². The minimum absolute atomic E-state index is 1.13. The Labute approximate surface area is 79.0 Å². The Morgan fingerprint density at radius 1 is 1.69 bits per heavy atom. The molecule has 0 heterocycles. The van der Waals surface area contributed by atoms with Gasteiger partial charge in [-0.05, 0) is 6.85 Å². The first-order chi connectivity index (χ1) is 6.94. The quantitative estimate of drug-likeness (QED) is 0.345. The molecule has 8 heteroatoms. The molecular formula is C5H13O7P. The molecule has 0 fully saturated rings. The van der Waals surface area contributed by atoms with Crippen molar-refractivity contribution in [2.45, 2.75) is 18.6 Å². The number of rotatable bonds is 5. The fourth-order valence-corrected chi connectivity index (χ4v) is 0.746. The van der Waals surface area contributed by atoms with Crippen molar-refractivity contribution in [1.29, 1.82) is 0 Å². The first-order valence-electron chi connectivity index (χ1n) is 4.65. The average Bonchev–Trinajstić information content (AvgIpc) is 2.09.